The molecule has 118 valence electrons. The Bertz CT molecular complexity index is 256. The molecule has 1 heterocycles. The number of nitrogens with zero attached hydrogens (tertiary/aromatic N) is 1. The predicted octanol–water partition coefficient (Wildman–Crippen LogP) is 3.91. The fourth-order valence-corrected chi connectivity index (χ4v) is 4.35. The summed E-state index contributed by atoms with van der Waals surface area (Å²) in [7, 11) is 0. The van der Waals surface area contributed by atoms with Crippen molar-refractivity contribution in [3.63, 3.8) is 0 Å². The third kappa shape index (κ3) is 5.04. The molecule has 1 aliphatic heterocycles. The molecule has 1 N–H and O–H groups in total. The largest absolute Gasteiger partial charge is 0.317 e. The van der Waals surface area contributed by atoms with Gasteiger partial charge in [-0.05, 0) is 76.0 Å². The summed E-state index contributed by atoms with van der Waals surface area (Å²) in [6.07, 6.45) is 10.2. The first-order chi connectivity index (χ1) is 9.69. The highest BCUT2D eigenvalue weighted by atomic mass is 15.2. The van der Waals surface area contributed by atoms with Crippen molar-refractivity contribution in [1.82, 2.24) is 10.2 Å². The summed E-state index contributed by atoms with van der Waals surface area (Å²) in [4.78, 5) is 2.83. The number of nitrogens with one attached hydrogen (secondary N) is 1. The Labute approximate surface area is 126 Å². The molecule has 0 aromatic heterocycles. The summed E-state index contributed by atoms with van der Waals surface area (Å²) in [6, 6.07) is 0.910. The summed E-state index contributed by atoms with van der Waals surface area (Å²) in [5, 5.41) is 3.52. The van der Waals surface area contributed by atoms with Gasteiger partial charge in [0.2, 0.25) is 0 Å². The lowest BCUT2D eigenvalue weighted by atomic mass is 9.80. The van der Waals surface area contributed by atoms with Crippen LogP contribution >= 0.6 is 0 Å². The van der Waals surface area contributed by atoms with Gasteiger partial charge in [-0.15, -0.1) is 0 Å². The van der Waals surface area contributed by atoms with Crippen molar-refractivity contribution in [1.29, 1.82) is 0 Å². The van der Waals surface area contributed by atoms with Crippen LogP contribution in [0, 0.1) is 17.8 Å². The first-order valence-corrected chi connectivity index (χ1v) is 9.13. The second-order valence-electron chi connectivity index (χ2n) is 7.60. The van der Waals surface area contributed by atoms with Gasteiger partial charge in [-0.2, -0.15) is 0 Å². The highest BCUT2D eigenvalue weighted by molar-refractivity contribution is 4.84. The van der Waals surface area contributed by atoms with Gasteiger partial charge in [0.25, 0.3) is 0 Å². The number of hydrogen-bond acceptors (Lipinski definition) is 2. The number of rotatable bonds is 6. The van der Waals surface area contributed by atoms with Gasteiger partial charge >= 0.3 is 0 Å². The van der Waals surface area contributed by atoms with E-state index in [1.807, 2.05) is 0 Å². The van der Waals surface area contributed by atoms with Crippen LogP contribution in [0.25, 0.3) is 0 Å². The van der Waals surface area contributed by atoms with E-state index in [2.05, 4.69) is 31.0 Å². The van der Waals surface area contributed by atoms with E-state index in [0.717, 1.165) is 30.3 Å². The van der Waals surface area contributed by atoms with Gasteiger partial charge in [0.05, 0.1) is 0 Å². The third-order valence-corrected chi connectivity index (χ3v) is 5.41. The molecule has 0 bridgehead atoms. The van der Waals surface area contributed by atoms with Crippen molar-refractivity contribution >= 4 is 0 Å². The minimum atomic E-state index is 0.879. The van der Waals surface area contributed by atoms with Crippen molar-refractivity contribution in [3.05, 3.63) is 0 Å². The summed E-state index contributed by atoms with van der Waals surface area (Å²) in [6.45, 7) is 12.1. The summed E-state index contributed by atoms with van der Waals surface area (Å²) in [5.74, 6) is 2.82. The summed E-state index contributed by atoms with van der Waals surface area (Å²) in [5.41, 5.74) is 0. The van der Waals surface area contributed by atoms with E-state index in [1.54, 1.807) is 0 Å². The van der Waals surface area contributed by atoms with E-state index in [1.165, 1.54) is 64.6 Å². The maximum atomic E-state index is 3.52. The van der Waals surface area contributed by atoms with Crippen LogP contribution in [0.4, 0.5) is 0 Å². The monoisotopic (exact) mass is 280 g/mol. The van der Waals surface area contributed by atoms with Gasteiger partial charge in [0.1, 0.15) is 0 Å². The van der Waals surface area contributed by atoms with Crippen LogP contribution in [0.1, 0.15) is 65.7 Å². The van der Waals surface area contributed by atoms with E-state index >= 15 is 0 Å². The van der Waals surface area contributed by atoms with Gasteiger partial charge in [-0.25, -0.2) is 0 Å². The second-order valence-corrected chi connectivity index (χ2v) is 7.60. The van der Waals surface area contributed by atoms with Crippen molar-refractivity contribution in [2.24, 2.45) is 17.8 Å². The Hall–Kier alpha value is -0.0800. The zero-order valence-electron chi connectivity index (χ0n) is 14.0. The van der Waals surface area contributed by atoms with Gasteiger partial charge in [0, 0.05) is 6.04 Å². The van der Waals surface area contributed by atoms with Gasteiger partial charge in [-0.1, -0.05) is 33.6 Å². The molecular formula is C18H36N2. The minimum absolute atomic E-state index is 0.879. The van der Waals surface area contributed by atoms with E-state index in [-0.39, 0.29) is 0 Å². The molecule has 1 saturated heterocycles. The molecular weight excluding hydrogens is 244 g/mol. The molecule has 2 heteroatoms. The standard InChI is InChI=1S/C18H36N2/c1-4-19-14-16-8-10-20(11-9-16)18-7-5-6-17(13-18)12-15(2)3/h15-19H,4-14H2,1-3H3. The Morgan fingerprint density at radius 2 is 1.80 bits per heavy atom. The number of likely N-dealkylation sites (tertiary alicyclic amines) is 1. The molecule has 2 atom stereocenters. The van der Waals surface area contributed by atoms with E-state index in [4.69, 9.17) is 0 Å². The minimum Gasteiger partial charge on any atom is -0.317 e. The van der Waals surface area contributed by atoms with Gasteiger partial charge in [-0.3, -0.25) is 0 Å². The van der Waals surface area contributed by atoms with Crippen LogP contribution in [-0.4, -0.2) is 37.1 Å². The lowest BCUT2D eigenvalue weighted by Crippen LogP contribution is -2.45. The highest BCUT2D eigenvalue weighted by Gasteiger charge is 2.29. The predicted molar refractivity (Wildman–Crippen MR) is 88.0 cm³/mol. The molecule has 2 nitrogen and oxygen atoms in total. The molecule has 0 spiro atoms. The van der Waals surface area contributed by atoms with E-state index < -0.39 is 0 Å². The van der Waals surface area contributed by atoms with Crippen molar-refractivity contribution in [2.45, 2.75) is 71.8 Å². The van der Waals surface area contributed by atoms with Crippen LogP contribution < -0.4 is 5.32 Å². The van der Waals surface area contributed by atoms with E-state index in [0.29, 0.717) is 0 Å². The Kier molecular flexibility index (Phi) is 6.83. The highest BCUT2D eigenvalue weighted by Crippen LogP contribution is 2.33. The Balaban J connectivity index is 1.72. The Morgan fingerprint density at radius 3 is 2.45 bits per heavy atom. The van der Waals surface area contributed by atoms with Crippen molar-refractivity contribution in [3.8, 4) is 0 Å². The zero-order valence-corrected chi connectivity index (χ0v) is 14.0. The van der Waals surface area contributed by atoms with Crippen LogP contribution in [0.15, 0.2) is 0 Å². The molecule has 2 rings (SSSR count). The first-order valence-electron chi connectivity index (χ1n) is 9.13. The molecule has 2 aliphatic rings. The topological polar surface area (TPSA) is 15.3 Å². The average molecular weight is 280 g/mol. The van der Waals surface area contributed by atoms with Crippen LogP contribution in [-0.2, 0) is 0 Å². The second kappa shape index (κ2) is 8.38. The SMILES string of the molecule is CCNCC1CCN(C2CCCC(CC(C)C)C2)CC1. The fraction of sp³-hybridized carbons (Fsp3) is 1.00. The molecule has 0 aromatic rings. The number of piperidine rings is 1. The van der Waals surface area contributed by atoms with Crippen LogP contribution in [0.5, 0.6) is 0 Å². The first kappa shape index (κ1) is 16.3. The maximum absolute atomic E-state index is 3.52. The smallest absolute Gasteiger partial charge is 0.00979 e. The molecule has 1 saturated carbocycles. The average Bonchev–Trinajstić information content (AvgIpc) is 2.45. The third-order valence-electron chi connectivity index (χ3n) is 5.41. The quantitative estimate of drug-likeness (QED) is 0.793. The molecule has 0 amide bonds. The molecule has 0 aromatic carbocycles. The van der Waals surface area contributed by atoms with Gasteiger partial charge in [0.15, 0.2) is 0 Å². The zero-order chi connectivity index (χ0) is 14.4. The lowest BCUT2D eigenvalue weighted by molar-refractivity contribution is 0.0850. The molecule has 2 unspecified atom stereocenters. The van der Waals surface area contributed by atoms with Gasteiger partial charge < -0.3 is 10.2 Å². The molecule has 0 radical (unpaired) electrons. The Morgan fingerprint density at radius 1 is 1.05 bits per heavy atom. The van der Waals surface area contributed by atoms with Crippen molar-refractivity contribution < 1.29 is 0 Å². The summed E-state index contributed by atoms with van der Waals surface area (Å²) < 4.78 is 0. The number of hydrogen-bond donors (Lipinski definition) is 1. The molecule has 1 aliphatic carbocycles. The maximum Gasteiger partial charge on any atom is 0.00979 e. The van der Waals surface area contributed by atoms with Crippen molar-refractivity contribution in [2.75, 3.05) is 26.2 Å². The van der Waals surface area contributed by atoms with Crippen LogP contribution in [0.2, 0.25) is 0 Å². The van der Waals surface area contributed by atoms with E-state index in [9.17, 15) is 0 Å². The molecule has 2 fully saturated rings. The fourth-order valence-electron chi connectivity index (χ4n) is 4.35. The normalized spacial score (nSPS) is 30.0. The molecule has 20 heavy (non-hydrogen) atoms. The lowest BCUT2D eigenvalue weighted by Gasteiger charge is -2.41. The summed E-state index contributed by atoms with van der Waals surface area (Å²) >= 11 is 0. The van der Waals surface area contributed by atoms with Crippen LogP contribution in [0.3, 0.4) is 0 Å².